The fourth-order valence-corrected chi connectivity index (χ4v) is 1.88. The van der Waals surface area contributed by atoms with Crippen LogP contribution in [-0.4, -0.2) is 20.8 Å². The lowest BCUT2D eigenvalue weighted by atomic mass is 10.3. The molecule has 1 saturated carbocycles. The maximum absolute atomic E-state index is 5.83. The molecule has 0 bridgehead atoms. The lowest BCUT2D eigenvalue weighted by Crippen LogP contribution is -2.21. The van der Waals surface area contributed by atoms with E-state index in [2.05, 4.69) is 14.8 Å². The van der Waals surface area contributed by atoms with Crippen molar-refractivity contribution >= 4 is 0 Å². The summed E-state index contributed by atoms with van der Waals surface area (Å²) in [4.78, 5) is 0. The highest BCUT2D eigenvalue weighted by Gasteiger charge is 2.33. The van der Waals surface area contributed by atoms with Crippen molar-refractivity contribution in [2.75, 3.05) is 0 Å². The fraction of sp³-hybridized carbons (Fsp3) is 0.750. The smallest absolute Gasteiger partial charge is 0.136 e. The van der Waals surface area contributed by atoms with Gasteiger partial charge in [-0.15, -0.1) is 10.2 Å². The summed E-state index contributed by atoms with van der Waals surface area (Å²) in [6, 6.07) is 0.271. The van der Waals surface area contributed by atoms with E-state index in [0.29, 0.717) is 5.92 Å². The molecule has 12 heavy (non-hydrogen) atoms. The summed E-state index contributed by atoms with van der Waals surface area (Å²) >= 11 is 0. The van der Waals surface area contributed by atoms with E-state index in [1.54, 1.807) is 0 Å². The van der Waals surface area contributed by atoms with E-state index in [0.717, 1.165) is 18.8 Å². The molecule has 1 unspecified atom stereocenters. The van der Waals surface area contributed by atoms with Gasteiger partial charge in [-0.3, -0.25) is 0 Å². The minimum Gasteiger partial charge on any atom is -0.326 e. The first-order valence-electron chi connectivity index (χ1n) is 4.52. The van der Waals surface area contributed by atoms with Gasteiger partial charge in [0.25, 0.3) is 0 Å². The second-order valence-corrected chi connectivity index (χ2v) is 3.82. The third kappa shape index (κ3) is 0.813. The molecule has 2 heterocycles. The Labute approximate surface area is 70.8 Å². The minimum atomic E-state index is 0.271. The molecule has 2 N–H and O–H groups in total. The lowest BCUT2D eigenvalue weighted by Gasteiger charge is -2.01. The Kier molecular flexibility index (Phi) is 1.14. The monoisotopic (exact) mass is 164 g/mol. The maximum atomic E-state index is 5.83. The summed E-state index contributed by atoms with van der Waals surface area (Å²) in [7, 11) is 0. The number of nitrogens with two attached hydrogens (primary N) is 1. The third-order valence-corrected chi connectivity index (χ3v) is 2.66. The van der Waals surface area contributed by atoms with Crippen LogP contribution in [0.5, 0.6) is 0 Å². The second kappa shape index (κ2) is 2.07. The number of hydrogen-bond acceptors (Lipinski definition) is 3. The number of rotatable bonds is 1. The van der Waals surface area contributed by atoms with Gasteiger partial charge in [-0.1, -0.05) is 0 Å². The molecule has 1 aliphatic heterocycles. The topological polar surface area (TPSA) is 56.7 Å². The van der Waals surface area contributed by atoms with Crippen LogP contribution in [-0.2, 0) is 13.0 Å². The molecule has 4 heteroatoms. The Bertz CT molecular complexity index is 313. The zero-order chi connectivity index (χ0) is 8.13. The van der Waals surface area contributed by atoms with Crippen molar-refractivity contribution in [3.05, 3.63) is 11.6 Å². The highest BCUT2D eigenvalue weighted by Crippen LogP contribution is 2.39. The van der Waals surface area contributed by atoms with E-state index in [-0.39, 0.29) is 6.04 Å². The van der Waals surface area contributed by atoms with Crippen molar-refractivity contribution in [3.63, 3.8) is 0 Å². The highest BCUT2D eigenvalue weighted by atomic mass is 15.3. The van der Waals surface area contributed by atoms with E-state index >= 15 is 0 Å². The second-order valence-electron chi connectivity index (χ2n) is 3.82. The van der Waals surface area contributed by atoms with E-state index in [9.17, 15) is 0 Å². The first-order valence-corrected chi connectivity index (χ1v) is 4.52. The molecule has 1 fully saturated rings. The van der Waals surface area contributed by atoms with Crippen LogP contribution >= 0.6 is 0 Å². The predicted molar refractivity (Wildman–Crippen MR) is 43.7 cm³/mol. The molecule has 1 atom stereocenters. The van der Waals surface area contributed by atoms with Gasteiger partial charge >= 0.3 is 0 Å². The number of hydrogen-bond donors (Lipinski definition) is 1. The first kappa shape index (κ1) is 6.60. The van der Waals surface area contributed by atoms with Gasteiger partial charge in [-0.2, -0.15) is 0 Å². The largest absolute Gasteiger partial charge is 0.326 e. The van der Waals surface area contributed by atoms with Crippen LogP contribution in [0.3, 0.4) is 0 Å². The van der Waals surface area contributed by atoms with Gasteiger partial charge in [0.2, 0.25) is 0 Å². The zero-order valence-corrected chi connectivity index (χ0v) is 6.90. The van der Waals surface area contributed by atoms with E-state index < -0.39 is 0 Å². The van der Waals surface area contributed by atoms with Gasteiger partial charge in [0.1, 0.15) is 11.6 Å². The normalized spacial score (nSPS) is 27.6. The molecule has 64 valence electrons. The summed E-state index contributed by atoms with van der Waals surface area (Å²) in [6.45, 7) is 0.925. The van der Waals surface area contributed by atoms with Crippen LogP contribution in [0.1, 0.15) is 30.4 Å². The average Bonchev–Trinajstić information content (AvgIpc) is 2.69. The first-order chi connectivity index (χ1) is 5.84. The van der Waals surface area contributed by atoms with Crippen LogP contribution < -0.4 is 5.73 Å². The van der Waals surface area contributed by atoms with Gasteiger partial charge in [0, 0.05) is 24.9 Å². The Balaban J connectivity index is 2.02. The maximum Gasteiger partial charge on any atom is 0.136 e. The summed E-state index contributed by atoms with van der Waals surface area (Å²) in [5.41, 5.74) is 5.83. The van der Waals surface area contributed by atoms with E-state index in [1.807, 2.05) is 0 Å². The Morgan fingerprint density at radius 2 is 2.17 bits per heavy atom. The Morgan fingerprint density at radius 1 is 1.33 bits per heavy atom. The standard InChI is InChI=1S/C8H12N4/c9-6-3-7-10-11-8(5-1-2-5)12(7)4-6/h5-6H,1-4,9H2. The molecule has 0 radical (unpaired) electrons. The van der Waals surface area contributed by atoms with Crippen LogP contribution in [0, 0.1) is 0 Å². The number of nitrogens with zero attached hydrogens (tertiary/aromatic N) is 3. The third-order valence-electron chi connectivity index (χ3n) is 2.66. The van der Waals surface area contributed by atoms with Crippen molar-refractivity contribution in [3.8, 4) is 0 Å². The molecule has 1 aromatic heterocycles. The van der Waals surface area contributed by atoms with Crippen LogP contribution in [0.4, 0.5) is 0 Å². The number of aromatic nitrogens is 3. The van der Waals surface area contributed by atoms with Crippen LogP contribution in [0.25, 0.3) is 0 Å². The molecular weight excluding hydrogens is 152 g/mol. The zero-order valence-electron chi connectivity index (χ0n) is 6.90. The lowest BCUT2D eigenvalue weighted by molar-refractivity contribution is 0.611. The molecule has 1 aliphatic carbocycles. The van der Waals surface area contributed by atoms with Gasteiger partial charge < -0.3 is 10.3 Å². The fourth-order valence-electron chi connectivity index (χ4n) is 1.88. The van der Waals surface area contributed by atoms with Gasteiger partial charge in [0.15, 0.2) is 0 Å². The van der Waals surface area contributed by atoms with E-state index in [4.69, 9.17) is 5.73 Å². The molecule has 2 aliphatic rings. The molecule has 1 aromatic rings. The average molecular weight is 164 g/mol. The predicted octanol–water partition coefficient (Wildman–Crippen LogP) is 0.0389. The molecule has 4 nitrogen and oxygen atoms in total. The van der Waals surface area contributed by atoms with Crippen LogP contribution in [0.2, 0.25) is 0 Å². The summed E-state index contributed by atoms with van der Waals surface area (Å²) < 4.78 is 2.21. The summed E-state index contributed by atoms with van der Waals surface area (Å²) in [6.07, 6.45) is 3.47. The molecule has 0 aromatic carbocycles. The van der Waals surface area contributed by atoms with Gasteiger partial charge in [0.05, 0.1) is 0 Å². The molecule has 0 saturated heterocycles. The Hall–Kier alpha value is -0.900. The number of fused-ring (bicyclic) bond motifs is 1. The summed E-state index contributed by atoms with van der Waals surface area (Å²) in [5.74, 6) is 2.96. The van der Waals surface area contributed by atoms with Crippen LogP contribution in [0.15, 0.2) is 0 Å². The molecule has 3 rings (SSSR count). The van der Waals surface area contributed by atoms with Crippen molar-refractivity contribution < 1.29 is 0 Å². The van der Waals surface area contributed by atoms with Crippen molar-refractivity contribution in [2.45, 2.75) is 37.8 Å². The molecular formula is C8H12N4. The van der Waals surface area contributed by atoms with E-state index in [1.165, 1.54) is 18.7 Å². The van der Waals surface area contributed by atoms with Gasteiger partial charge in [-0.25, -0.2) is 0 Å². The molecule has 0 amide bonds. The molecule has 0 spiro atoms. The Morgan fingerprint density at radius 3 is 2.92 bits per heavy atom. The summed E-state index contributed by atoms with van der Waals surface area (Å²) in [5, 5.41) is 8.33. The quantitative estimate of drug-likeness (QED) is 0.637. The van der Waals surface area contributed by atoms with Crippen molar-refractivity contribution in [1.82, 2.24) is 14.8 Å². The minimum absolute atomic E-state index is 0.271. The van der Waals surface area contributed by atoms with Crippen molar-refractivity contribution in [2.24, 2.45) is 5.73 Å². The SMILES string of the molecule is NC1Cc2nnc(C3CC3)n2C1. The van der Waals surface area contributed by atoms with Crippen molar-refractivity contribution in [1.29, 1.82) is 0 Å². The van der Waals surface area contributed by atoms with Gasteiger partial charge in [-0.05, 0) is 12.8 Å². The highest BCUT2D eigenvalue weighted by molar-refractivity contribution is 5.12.